The van der Waals surface area contributed by atoms with Gasteiger partial charge in [-0.2, -0.15) is 13.2 Å². The number of benzene rings is 1. The van der Waals surface area contributed by atoms with Crippen molar-refractivity contribution in [1.82, 2.24) is 14.9 Å². The van der Waals surface area contributed by atoms with Gasteiger partial charge in [-0.15, -0.1) is 0 Å². The molecule has 2 aromatic rings. The Morgan fingerprint density at radius 2 is 2.08 bits per heavy atom. The maximum Gasteiger partial charge on any atom is 0.449 e. The molecule has 1 aromatic heterocycles. The minimum atomic E-state index is -4.73. The van der Waals surface area contributed by atoms with Gasteiger partial charge in [-0.1, -0.05) is 12.1 Å². The number of carbonyl (C=O) groups excluding carboxylic acids is 1. The molecule has 7 nitrogen and oxygen atoms in total. The lowest BCUT2D eigenvalue weighted by molar-refractivity contribution is -0.147. The lowest BCUT2D eigenvalue weighted by Gasteiger charge is -2.27. The van der Waals surface area contributed by atoms with E-state index in [0.717, 1.165) is 4.57 Å². The highest BCUT2D eigenvalue weighted by atomic mass is 19.4. The van der Waals surface area contributed by atoms with Crippen LogP contribution in [0.1, 0.15) is 18.7 Å². The number of imidazole rings is 1. The van der Waals surface area contributed by atoms with Gasteiger partial charge in [0.25, 0.3) is 0 Å². The maximum absolute atomic E-state index is 13.3. The second-order valence-electron chi connectivity index (χ2n) is 6.21. The number of fused-ring (bicyclic) bond motifs is 1. The zero-order valence-electron chi connectivity index (χ0n) is 13.5. The fourth-order valence-corrected chi connectivity index (χ4v) is 3.11. The van der Waals surface area contributed by atoms with Gasteiger partial charge in [-0.05, 0) is 18.6 Å². The number of halogens is 3. The third-order valence-electron chi connectivity index (χ3n) is 4.21. The van der Waals surface area contributed by atoms with Crippen molar-refractivity contribution < 1.29 is 32.6 Å². The molecule has 0 bridgehead atoms. The topological polar surface area (TPSA) is 93.5 Å². The molecule has 3 rings (SSSR count). The van der Waals surface area contributed by atoms with Crippen molar-refractivity contribution in [3.05, 3.63) is 30.1 Å². The van der Waals surface area contributed by atoms with Crippen molar-refractivity contribution in [2.24, 2.45) is 0 Å². The second kappa shape index (κ2) is 6.60. The molecule has 1 atom stereocenters. The fourth-order valence-electron chi connectivity index (χ4n) is 3.11. The van der Waals surface area contributed by atoms with E-state index in [2.05, 4.69) is 10.3 Å². The van der Waals surface area contributed by atoms with E-state index in [-0.39, 0.29) is 37.1 Å². The van der Waals surface area contributed by atoms with Crippen LogP contribution in [0.5, 0.6) is 0 Å². The Morgan fingerprint density at radius 1 is 1.35 bits per heavy atom. The van der Waals surface area contributed by atoms with Gasteiger partial charge in [0.05, 0.1) is 29.6 Å². The van der Waals surface area contributed by atoms with Gasteiger partial charge in [0.1, 0.15) is 6.54 Å². The van der Waals surface area contributed by atoms with Gasteiger partial charge in [0.2, 0.25) is 11.7 Å². The predicted octanol–water partition coefficient (Wildman–Crippen LogP) is 1.81. The summed E-state index contributed by atoms with van der Waals surface area (Å²) in [7, 11) is 0. The number of aliphatic carboxylic acids is 1. The zero-order chi connectivity index (χ0) is 18.9. The summed E-state index contributed by atoms with van der Waals surface area (Å²) in [5, 5.41) is 11.6. The van der Waals surface area contributed by atoms with E-state index in [4.69, 9.17) is 9.84 Å². The number of alkyl halides is 3. The zero-order valence-corrected chi connectivity index (χ0v) is 13.5. The summed E-state index contributed by atoms with van der Waals surface area (Å²) >= 11 is 0. The first-order valence-electron chi connectivity index (χ1n) is 7.83. The number of amides is 1. The highest BCUT2D eigenvalue weighted by Crippen LogP contribution is 2.31. The molecular weight excluding hydrogens is 355 g/mol. The van der Waals surface area contributed by atoms with Crippen LogP contribution in [0, 0.1) is 0 Å². The van der Waals surface area contributed by atoms with Crippen LogP contribution in [0.15, 0.2) is 24.3 Å². The summed E-state index contributed by atoms with van der Waals surface area (Å²) in [6, 6.07) is 5.97. The number of hydrogen-bond donors (Lipinski definition) is 2. The van der Waals surface area contributed by atoms with Gasteiger partial charge in [0.15, 0.2) is 0 Å². The molecule has 1 aliphatic rings. The smallest absolute Gasteiger partial charge is 0.449 e. The Hall–Kier alpha value is -2.62. The first-order valence-corrected chi connectivity index (χ1v) is 7.83. The number of carboxylic acids is 1. The standard InChI is InChI=1S/C16H16F3N3O4/c17-16(18,19)14-20-10-3-1-2-4-11(10)22(14)8-12(23)21-15(7-13(24)25)5-6-26-9-15/h1-4H,5-9H2,(H,21,23)(H,24,25)/t15-/m0/s1. The molecule has 0 unspecified atom stereocenters. The molecule has 1 aliphatic heterocycles. The minimum absolute atomic E-state index is 0.00183. The van der Waals surface area contributed by atoms with Gasteiger partial charge < -0.3 is 19.7 Å². The summed E-state index contributed by atoms with van der Waals surface area (Å²) in [4.78, 5) is 27.0. The SMILES string of the molecule is O=C(O)C[C@@]1(NC(=O)Cn2c(C(F)(F)F)nc3ccccc32)CCOC1. The maximum atomic E-state index is 13.3. The molecule has 1 fully saturated rings. The number of nitrogens with one attached hydrogen (secondary N) is 1. The van der Waals surface area contributed by atoms with Crippen molar-refractivity contribution in [3.63, 3.8) is 0 Å². The number of carbonyl (C=O) groups is 2. The molecule has 0 saturated carbocycles. The van der Waals surface area contributed by atoms with E-state index in [0.29, 0.717) is 0 Å². The number of aromatic nitrogens is 2. The van der Waals surface area contributed by atoms with E-state index >= 15 is 0 Å². The highest BCUT2D eigenvalue weighted by molar-refractivity contribution is 5.82. The van der Waals surface area contributed by atoms with Gasteiger partial charge >= 0.3 is 12.1 Å². The number of hydrogen-bond acceptors (Lipinski definition) is 4. The van der Waals surface area contributed by atoms with E-state index in [1.165, 1.54) is 12.1 Å². The molecule has 140 valence electrons. The van der Waals surface area contributed by atoms with Crippen LogP contribution in [-0.2, 0) is 27.0 Å². The van der Waals surface area contributed by atoms with Crippen molar-refractivity contribution in [2.75, 3.05) is 13.2 Å². The lowest BCUT2D eigenvalue weighted by Crippen LogP contribution is -2.51. The average molecular weight is 371 g/mol. The lowest BCUT2D eigenvalue weighted by atomic mass is 9.94. The Kier molecular flexibility index (Phi) is 4.61. The number of para-hydroxylation sites is 2. The van der Waals surface area contributed by atoms with E-state index in [1.54, 1.807) is 12.1 Å². The van der Waals surface area contributed by atoms with E-state index < -0.39 is 36.0 Å². The number of rotatable bonds is 5. The van der Waals surface area contributed by atoms with E-state index in [1.807, 2.05) is 0 Å². The molecular formula is C16H16F3N3O4. The quantitative estimate of drug-likeness (QED) is 0.836. The second-order valence-corrected chi connectivity index (χ2v) is 6.21. The van der Waals surface area contributed by atoms with Gasteiger partial charge in [-0.3, -0.25) is 9.59 Å². The van der Waals surface area contributed by atoms with Crippen molar-refractivity contribution >= 4 is 22.9 Å². The van der Waals surface area contributed by atoms with Gasteiger partial charge in [0, 0.05) is 6.61 Å². The highest BCUT2D eigenvalue weighted by Gasteiger charge is 2.40. The van der Waals surface area contributed by atoms with Crippen LogP contribution in [0.2, 0.25) is 0 Å². The molecule has 0 radical (unpaired) electrons. The molecule has 2 heterocycles. The predicted molar refractivity (Wildman–Crippen MR) is 83.3 cm³/mol. The van der Waals surface area contributed by atoms with Crippen molar-refractivity contribution in [3.8, 4) is 0 Å². The summed E-state index contributed by atoms with van der Waals surface area (Å²) in [5.74, 6) is -3.03. The molecule has 1 saturated heterocycles. The Labute approximate surface area is 145 Å². The average Bonchev–Trinajstić information content (AvgIpc) is 3.11. The van der Waals surface area contributed by atoms with Crippen molar-refractivity contribution in [1.29, 1.82) is 0 Å². The summed E-state index contributed by atoms with van der Waals surface area (Å²) in [5.41, 5.74) is -0.820. The summed E-state index contributed by atoms with van der Waals surface area (Å²) < 4.78 is 45.8. The first kappa shape index (κ1) is 18.2. The van der Waals surface area contributed by atoms with Crippen LogP contribution >= 0.6 is 0 Å². The minimum Gasteiger partial charge on any atom is -0.481 e. The van der Waals surface area contributed by atoms with Crippen LogP contribution in [0.3, 0.4) is 0 Å². The van der Waals surface area contributed by atoms with Crippen LogP contribution in [-0.4, -0.2) is 45.3 Å². The summed E-state index contributed by atoms with van der Waals surface area (Å²) in [6.07, 6.45) is -4.81. The van der Waals surface area contributed by atoms with Gasteiger partial charge in [-0.25, -0.2) is 4.98 Å². The molecule has 1 amide bonds. The fraction of sp³-hybridized carbons (Fsp3) is 0.438. The Morgan fingerprint density at radius 3 is 2.69 bits per heavy atom. The molecule has 10 heteroatoms. The van der Waals surface area contributed by atoms with Crippen LogP contribution in [0.25, 0.3) is 11.0 Å². The molecule has 2 N–H and O–H groups in total. The Balaban J connectivity index is 1.88. The normalized spacial score (nSPS) is 20.4. The van der Waals surface area contributed by atoms with Crippen molar-refractivity contribution in [2.45, 2.75) is 31.1 Å². The third kappa shape index (κ3) is 3.64. The van der Waals surface area contributed by atoms with E-state index in [9.17, 15) is 22.8 Å². The number of nitrogens with zero attached hydrogens (tertiary/aromatic N) is 2. The summed E-state index contributed by atoms with van der Waals surface area (Å²) in [6.45, 7) is -0.353. The van der Waals surface area contributed by atoms with Crippen LogP contribution < -0.4 is 5.32 Å². The van der Waals surface area contributed by atoms with Crippen LogP contribution in [0.4, 0.5) is 13.2 Å². The molecule has 1 aromatic carbocycles. The molecule has 0 aliphatic carbocycles. The molecule has 26 heavy (non-hydrogen) atoms. The first-order chi connectivity index (χ1) is 12.2. The largest absolute Gasteiger partial charge is 0.481 e. The monoisotopic (exact) mass is 371 g/mol. The third-order valence-corrected chi connectivity index (χ3v) is 4.21. The number of carboxylic acid groups (broad SMARTS) is 1. The number of ether oxygens (including phenoxy) is 1. The Bertz CT molecular complexity index is 841. The molecule has 0 spiro atoms.